The van der Waals surface area contributed by atoms with Crippen LogP contribution in [0, 0.1) is 6.92 Å². The zero-order valence-corrected chi connectivity index (χ0v) is 15.8. The Kier molecular flexibility index (Phi) is 5.40. The van der Waals surface area contributed by atoms with E-state index in [1.165, 1.54) is 0 Å². The van der Waals surface area contributed by atoms with Crippen LogP contribution in [0.25, 0.3) is 5.82 Å². The topological polar surface area (TPSA) is 78.3 Å². The first-order valence-corrected chi connectivity index (χ1v) is 8.53. The second-order valence-electron chi connectivity index (χ2n) is 6.12. The van der Waals surface area contributed by atoms with Crippen molar-refractivity contribution in [2.24, 2.45) is 0 Å². The van der Waals surface area contributed by atoms with Gasteiger partial charge in [0.25, 0.3) is 5.91 Å². The van der Waals surface area contributed by atoms with Crippen LogP contribution in [-0.2, 0) is 0 Å². The average molecular weight is 366 g/mol. The van der Waals surface area contributed by atoms with Crippen LogP contribution >= 0.6 is 0 Å². The number of ether oxygens (including phenoxy) is 2. The summed E-state index contributed by atoms with van der Waals surface area (Å²) in [7, 11) is 3.17. The van der Waals surface area contributed by atoms with Crippen LogP contribution in [0.5, 0.6) is 11.5 Å². The van der Waals surface area contributed by atoms with Gasteiger partial charge in [-0.05, 0) is 49.7 Å². The van der Waals surface area contributed by atoms with E-state index >= 15 is 0 Å². The number of pyridine rings is 1. The van der Waals surface area contributed by atoms with Gasteiger partial charge in [-0.25, -0.2) is 9.67 Å². The molecule has 2 heterocycles. The van der Waals surface area contributed by atoms with Gasteiger partial charge in [0.1, 0.15) is 0 Å². The Labute approximate surface area is 158 Å². The lowest BCUT2D eigenvalue weighted by Crippen LogP contribution is -2.26. The Hall–Kier alpha value is -3.35. The lowest BCUT2D eigenvalue weighted by molar-refractivity contribution is 0.0939. The molecule has 1 atom stereocenters. The minimum Gasteiger partial charge on any atom is -0.493 e. The maximum atomic E-state index is 12.5. The number of rotatable bonds is 6. The fourth-order valence-corrected chi connectivity index (χ4v) is 2.68. The molecule has 1 aromatic carbocycles. The summed E-state index contributed by atoms with van der Waals surface area (Å²) in [6, 6.07) is 10.8. The van der Waals surface area contributed by atoms with Crippen LogP contribution < -0.4 is 14.8 Å². The molecule has 1 amide bonds. The van der Waals surface area contributed by atoms with E-state index in [2.05, 4.69) is 15.4 Å². The van der Waals surface area contributed by atoms with E-state index in [1.54, 1.807) is 37.2 Å². The molecule has 1 unspecified atom stereocenters. The minimum atomic E-state index is -0.203. The van der Waals surface area contributed by atoms with Gasteiger partial charge in [-0.3, -0.25) is 4.79 Å². The first-order chi connectivity index (χ1) is 13.0. The molecule has 0 aliphatic rings. The van der Waals surface area contributed by atoms with Crippen molar-refractivity contribution in [3.05, 3.63) is 65.6 Å². The predicted molar refractivity (Wildman–Crippen MR) is 102 cm³/mol. The highest BCUT2D eigenvalue weighted by Gasteiger charge is 2.14. The van der Waals surface area contributed by atoms with Crippen molar-refractivity contribution in [1.82, 2.24) is 20.1 Å². The van der Waals surface area contributed by atoms with Gasteiger partial charge in [-0.1, -0.05) is 6.07 Å². The minimum absolute atomic E-state index is 0.201. The van der Waals surface area contributed by atoms with E-state index in [4.69, 9.17) is 9.47 Å². The number of nitrogens with zero attached hydrogens (tertiary/aromatic N) is 3. The highest BCUT2D eigenvalue weighted by Crippen LogP contribution is 2.29. The van der Waals surface area contributed by atoms with Crippen molar-refractivity contribution in [1.29, 1.82) is 0 Å². The van der Waals surface area contributed by atoms with Gasteiger partial charge in [0.05, 0.1) is 31.5 Å². The van der Waals surface area contributed by atoms with E-state index in [1.807, 2.05) is 44.3 Å². The Morgan fingerprint density at radius 3 is 2.48 bits per heavy atom. The molecule has 0 bridgehead atoms. The van der Waals surface area contributed by atoms with Gasteiger partial charge in [0.2, 0.25) is 0 Å². The van der Waals surface area contributed by atoms with Crippen molar-refractivity contribution < 1.29 is 14.3 Å². The molecular weight excluding hydrogens is 344 g/mol. The summed E-state index contributed by atoms with van der Waals surface area (Å²) < 4.78 is 12.2. The summed E-state index contributed by atoms with van der Waals surface area (Å²) in [5.41, 5.74) is 2.30. The summed E-state index contributed by atoms with van der Waals surface area (Å²) in [6.45, 7) is 3.82. The third kappa shape index (κ3) is 4.08. The van der Waals surface area contributed by atoms with Gasteiger partial charge in [0, 0.05) is 12.4 Å². The standard InChI is InChI=1S/C20H22N4O3/c1-13-9-10-24(23-13)19-8-6-16(12-21-19)20(25)22-14(2)15-5-7-17(26-3)18(11-15)27-4/h5-12,14H,1-4H3,(H,22,25). The van der Waals surface area contributed by atoms with Crippen molar-refractivity contribution in [2.75, 3.05) is 14.2 Å². The SMILES string of the molecule is COc1ccc(C(C)NC(=O)c2ccc(-n3ccc(C)n3)nc2)cc1OC. The number of benzene rings is 1. The van der Waals surface area contributed by atoms with Crippen LogP contribution in [0.2, 0.25) is 0 Å². The zero-order valence-electron chi connectivity index (χ0n) is 15.8. The molecule has 0 spiro atoms. The van der Waals surface area contributed by atoms with E-state index in [0.29, 0.717) is 22.9 Å². The second kappa shape index (κ2) is 7.90. The van der Waals surface area contributed by atoms with Gasteiger partial charge >= 0.3 is 0 Å². The van der Waals surface area contributed by atoms with Crippen LogP contribution in [0.15, 0.2) is 48.8 Å². The fraction of sp³-hybridized carbons (Fsp3) is 0.250. The molecule has 2 aromatic heterocycles. The summed E-state index contributed by atoms with van der Waals surface area (Å²) >= 11 is 0. The molecule has 0 aliphatic heterocycles. The molecule has 7 nitrogen and oxygen atoms in total. The number of amides is 1. The summed E-state index contributed by atoms with van der Waals surface area (Å²) in [5, 5.41) is 7.27. The molecule has 140 valence electrons. The quantitative estimate of drug-likeness (QED) is 0.725. The maximum absolute atomic E-state index is 12.5. The van der Waals surface area contributed by atoms with E-state index in [9.17, 15) is 4.79 Å². The smallest absolute Gasteiger partial charge is 0.253 e. The van der Waals surface area contributed by atoms with Crippen molar-refractivity contribution in [3.8, 4) is 17.3 Å². The number of hydrogen-bond donors (Lipinski definition) is 1. The van der Waals surface area contributed by atoms with E-state index < -0.39 is 0 Å². The fourth-order valence-electron chi connectivity index (χ4n) is 2.68. The van der Waals surface area contributed by atoms with Crippen LogP contribution in [0.3, 0.4) is 0 Å². The molecule has 0 fully saturated rings. The molecule has 1 N–H and O–H groups in total. The van der Waals surface area contributed by atoms with Crippen molar-refractivity contribution >= 4 is 5.91 Å². The first kappa shape index (κ1) is 18.4. The second-order valence-corrected chi connectivity index (χ2v) is 6.12. The molecule has 0 saturated carbocycles. The Morgan fingerprint density at radius 1 is 1.11 bits per heavy atom. The Balaban J connectivity index is 1.71. The third-order valence-corrected chi connectivity index (χ3v) is 4.22. The van der Waals surface area contributed by atoms with E-state index in [0.717, 1.165) is 11.3 Å². The van der Waals surface area contributed by atoms with Crippen molar-refractivity contribution in [3.63, 3.8) is 0 Å². The first-order valence-electron chi connectivity index (χ1n) is 8.53. The predicted octanol–water partition coefficient (Wildman–Crippen LogP) is 3.08. The van der Waals surface area contributed by atoms with Gasteiger partial charge < -0.3 is 14.8 Å². The van der Waals surface area contributed by atoms with Gasteiger partial charge in [-0.15, -0.1) is 0 Å². The number of aryl methyl sites for hydroxylation is 1. The van der Waals surface area contributed by atoms with Gasteiger partial charge in [0.15, 0.2) is 17.3 Å². The normalized spacial score (nSPS) is 11.7. The number of hydrogen-bond acceptors (Lipinski definition) is 5. The van der Waals surface area contributed by atoms with Crippen LogP contribution in [0.1, 0.15) is 34.6 Å². The van der Waals surface area contributed by atoms with Crippen LogP contribution in [-0.4, -0.2) is 34.9 Å². The molecule has 0 aliphatic carbocycles. The van der Waals surface area contributed by atoms with Crippen LogP contribution in [0.4, 0.5) is 0 Å². The highest BCUT2D eigenvalue weighted by molar-refractivity contribution is 5.94. The number of carbonyl (C=O) groups is 1. The summed E-state index contributed by atoms with van der Waals surface area (Å²) in [6.07, 6.45) is 3.37. The highest BCUT2D eigenvalue weighted by atomic mass is 16.5. The molecule has 0 saturated heterocycles. The van der Waals surface area contributed by atoms with E-state index in [-0.39, 0.29) is 11.9 Å². The maximum Gasteiger partial charge on any atom is 0.253 e. The molecule has 7 heteroatoms. The third-order valence-electron chi connectivity index (χ3n) is 4.22. The monoisotopic (exact) mass is 366 g/mol. The van der Waals surface area contributed by atoms with Crippen molar-refractivity contribution in [2.45, 2.75) is 19.9 Å². The summed E-state index contributed by atoms with van der Waals surface area (Å²) in [4.78, 5) is 16.8. The largest absolute Gasteiger partial charge is 0.493 e. The molecule has 27 heavy (non-hydrogen) atoms. The number of methoxy groups -OCH3 is 2. The zero-order chi connectivity index (χ0) is 19.4. The number of aromatic nitrogens is 3. The molecular formula is C20H22N4O3. The molecule has 0 radical (unpaired) electrons. The lowest BCUT2D eigenvalue weighted by atomic mass is 10.1. The van der Waals surface area contributed by atoms with Gasteiger partial charge in [-0.2, -0.15) is 5.10 Å². The average Bonchev–Trinajstić information content (AvgIpc) is 3.13. The number of nitrogens with one attached hydrogen (secondary N) is 1. The Bertz CT molecular complexity index is 935. The lowest BCUT2D eigenvalue weighted by Gasteiger charge is -2.16. The molecule has 3 rings (SSSR count). The Morgan fingerprint density at radius 2 is 1.89 bits per heavy atom. The molecule has 3 aromatic rings. The summed E-state index contributed by atoms with van der Waals surface area (Å²) in [5.74, 6) is 1.73. The number of carbonyl (C=O) groups excluding carboxylic acids is 1.